The van der Waals surface area contributed by atoms with Crippen LogP contribution in [0.25, 0.3) is 0 Å². The summed E-state index contributed by atoms with van der Waals surface area (Å²) in [6, 6.07) is 0. The maximum Gasteiger partial charge on any atom is 0.225 e. The van der Waals surface area contributed by atoms with E-state index in [2.05, 4.69) is 26.1 Å². The molecule has 0 radical (unpaired) electrons. The van der Waals surface area contributed by atoms with Crippen LogP contribution < -0.4 is 5.32 Å². The van der Waals surface area contributed by atoms with Crippen LogP contribution in [0, 0.1) is 5.92 Å². The van der Waals surface area contributed by atoms with E-state index in [1.165, 1.54) is 0 Å². The van der Waals surface area contributed by atoms with Gasteiger partial charge in [-0.25, -0.2) is 0 Å². The molecule has 1 heterocycles. The van der Waals surface area contributed by atoms with Crippen molar-refractivity contribution in [2.75, 3.05) is 19.6 Å². The third-order valence-electron chi connectivity index (χ3n) is 3.10. The minimum absolute atomic E-state index is 0.000177. The van der Waals surface area contributed by atoms with E-state index in [1.807, 2.05) is 6.92 Å². The molecule has 0 saturated carbocycles. The van der Waals surface area contributed by atoms with Crippen LogP contribution in [0.5, 0.6) is 0 Å². The van der Waals surface area contributed by atoms with Crippen LogP contribution in [0.2, 0.25) is 0 Å². The second-order valence-corrected chi connectivity index (χ2v) is 6.11. The smallest absolute Gasteiger partial charge is 0.225 e. The first-order valence-corrected chi connectivity index (χ1v) is 6.51. The normalized spacial score (nSPS) is 23.9. The Kier molecular flexibility index (Phi) is 4.95. The van der Waals surface area contributed by atoms with Crippen molar-refractivity contribution in [1.29, 1.82) is 0 Å². The number of nitrogens with one attached hydrogen (secondary N) is 1. The number of aliphatic hydroxyl groups is 1. The summed E-state index contributed by atoms with van der Waals surface area (Å²) in [4.78, 5) is 13.7. The van der Waals surface area contributed by atoms with Gasteiger partial charge < -0.3 is 15.3 Å². The lowest BCUT2D eigenvalue weighted by molar-refractivity contribution is -0.139. The maximum absolute atomic E-state index is 11.9. The number of nitrogens with zero attached hydrogens (tertiary/aromatic N) is 1. The van der Waals surface area contributed by atoms with Gasteiger partial charge >= 0.3 is 0 Å². The Labute approximate surface area is 104 Å². The summed E-state index contributed by atoms with van der Waals surface area (Å²) >= 11 is 0. The number of amides is 1. The summed E-state index contributed by atoms with van der Waals surface area (Å²) in [6.07, 6.45) is 1.54. The molecule has 1 fully saturated rings. The minimum atomic E-state index is -0.483. The van der Waals surface area contributed by atoms with Gasteiger partial charge in [-0.3, -0.25) is 4.79 Å². The first kappa shape index (κ1) is 14.5. The molecule has 2 unspecified atom stereocenters. The highest BCUT2D eigenvalue weighted by Gasteiger charge is 2.26. The number of hydrogen-bond donors (Lipinski definition) is 2. The van der Waals surface area contributed by atoms with Crippen molar-refractivity contribution < 1.29 is 9.90 Å². The van der Waals surface area contributed by atoms with Crippen LogP contribution in [0.1, 0.15) is 40.5 Å². The lowest BCUT2D eigenvalue weighted by atomic mass is 9.99. The molecule has 17 heavy (non-hydrogen) atoms. The molecule has 100 valence electrons. The van der Waals surface area contributed by atoms with Gasteiger partial charge in [0, 0.05) is 31.1 Å². The quantitative estimate of drug-likeness (QED) is 0.773. The van der Waals surface area contributed by atoms with Crippen LogP contribution in [0.15, 0.2) is 0 Å². The number of likely N-dealkylation sites (tertiary alicyclic amines) is 1. The van der Waals surface area contributed by atoms with Crippen LogP contribution in [-0.4, -0.2) is 47.2 Å². The molecule has 0 aromatic carbocycles. The fourth-order valence-corrected chi connectivity index (χ4v) is 2.06. The zero-order chi connectivity index (χ0) is 13.1. The van der Waals surface area contributed by atoms with Gasteiger partial charge in [-0.05, 0) is 33.6 Å². The van der Waals surface area contributed by atoms with Crippen molar-refractivity contribution in [1.82, 2.24) is 10.2 Å². The van der Waals surface area contributed by atoms with Gasteiger partial charge in [-0.1, -0.05) is 6.92 Å². The van der Waals surface area contributed by atoms with Gasteiger partial charge in [0.1, 0.15) is 0 Å². The van der Waals surface area contributed by atoms with Gasteiger partial charge in [0.2, 0.25) is 5.91 Å². The van der Waals surface area contributed by atoms with Gasteiger partial charge in [-0.2, -0.15) is 0 Å². The topological polar surface area (TPSA) is 52.6 Å². The zero-order valence-electron chi connectivity index (χ0n) is 11.5. The highest BCUT2D eigenvalue weighted by atomic mass is 16.3. The Hall–Kier alpha value is -0.610. The third kappa shape index (κ3) is 5.04. The molecule has 2 N–H and O–H groups in total. The zero-order valence-corrected chi connectivity index (χ0v) is 11.5. The summed E-state index contributed by atoms with van der Waals surface area (Å²) in [5, 5.41) is 13.2. The van der Waals surface area contributed by atoms with Crippen molar-refractivity contribution >= 4 is 5.91 Å². The second kappa shape index (κ2) is 5.83. The first-order valence-electron chi connectivity index (χ1n) is 6.51. The Balaban J connectivity index is 2.35. The molecule has 1 amide bonds. The molecule has 0 bridgehead atoms. The molecule has 4 nitrogen and oxygen atoms in total. The summed E-state index contributed by atoms with van der Waals surface area (Å²) in [7, 11) is 0. The van der Waals surface area contributed by atoms with E-state index in [0.29, 0.717) is 13.1 Å². The maximum atomic E-state index is 11.9. The predicted molar refractivity (Wildman–Crippen MR) is 68.7 cm³/mol. The van der Waals surface area contributed by atoms with Crippen LogP contribution in [0.4, 0.5) is 0 Å². The van der Waals surface area contributed by atoms with E-state index >= 15 is 0 Å². The van der Waals surface area contributed by atoms with Crippen molar-refractivity contribution in [2.24, 2.45) is 5.92 Å². The molecule has 1 rings (SSSR count). The molecule has 0 aromatic heterocycles. The fraction of sp³-hybridized carbons (Fsp3) is 0.923. The SMILES string of the molecule is CC1CCCN(CC(O)CNC(C)(C)C)C1=O. The Morgan fingerprint density at radius 3 is 2.76 bits per heavy atom. The van der Waals surface area contributed by atoms with E-state index in [-0.39, 0.29) is 17.4 Å². The first-order chi connectivity index (χ1) is 7.79. The highest BCUT2D eigenvalue weighted by Crippen LogP contribution is 2.17. The van der Waals surface area contributed by atoms with Crippen molar-refractivity contribution in [3.8, 4) is 0 Å². The molecule has 1 aliphatic heterocycles. The molecule has 2 atom stereocenters. The molecular weight excluding hydrogens is 216 g/mol. The van der Waals surface area contributed by atoms with Gasteiger partial charge in [0.25, 0.3) is 0 Å². The number of aliphatic hydroxyl groups excluding tert-OH is 1. The number of hydrogen-bond acceptors (Lipinski definition) is 3. The number of β-amino-alcohol motifs (C(OH)–C–C–N with tert-alkyl or cyclic N) is 1. The highest BCUT2D eigenvalue weighted by molar-refractivity contribution is 5.79. The number of rotatable bonds is 4. The molecular formula is C13H26N2O2. The predicted octanol–water partition coefficient (Wildman–Crippen LogP) is 0.994. The summed E-state index contributed by atoms with van der Waals surface area (Å²) in [5.74, 6) is 0.303. The number of carbonyl (C=O) groups excluding carboxylic acids is 1. The van der Waals surface area contributed by atoms with Crippen LogP contribution in [0.3, 0.4) is 0 Å². The average molecular weight is 242 g/mol. The second-order valence-electron chi connectivity index (χ2n) is 6.11. The largest absolute Gasteiger partial charge is 0.390 e. The van der Waals surface area contributed by atoms with E-state index in [9.17, 15) is 9.90 Å². The summed E-state index contributed by atoms with van der Waals surface area (Å²) in [5.41, 5.74) is 0.000177. The molecule has 0 spiro atoms. The Bertz CT molecular complexity index is 261. The monoisotopic (exact) mass is 242 g/mol. The van der Waals surface area contributed by atoms with Crippen LogP contribution >= 0.6 is 0 Å². The molecule has 1 aliphatic rings. The molecule has 0 aliphatic carbocycles. The minimum Gasteiger partial charge on any atom is -0.390 e. The van der Waals surface area contributed by atoms with Crippen molar-refractivity contribution in [2.45, 2.75) is 52.2 Å². The Morgan fingerprint density at radius 2 is 2.18 bits per heavy atom. The summed E-state index contributed by atoms with van der Waals surface area (Å²) < 4.78 is 0. The van der Waals surface area contributed by atoms with E-state index in [0.717, 1.165) is 19.4 Å². The summed E-state index contributed by atoms with van der Waals surface area (Å²) in [6.45, 7) is 9.92. The van der Waals surface area contributed by atoms with Crippen molar-refractivity contribution in [3.63, 3.8) is 0 Å². The Morgan fingerprint density at radius 1 is 1.53 bits per heavy atom. The van der Waals surface area contributed by atoms with E-state index in [1.54, 1.807) is 4.90 Å². The van der Waals surface area contributed by atoms with Crippen molar-refractivity contribution in [3.05, 3.63) is 0 Å². The average Bonchev–Trinajstić information content (AvgIpc) is 2.21. The number of piperidine rings is 1. The standard InChI is InChI=1S/C13H26N2O2/c1-10-6-5-7-15(12(10)17)9-11(16)8-14-13(2,3)4/h10-11,14,16H,5-9H2,1-4H3. The van der Waals surface area contributed by atoms with Crippen LogP contribution in [-0.2, 0) is 4.79 Å². The van der Waals surface area contributed by atoms with E-state index in [4.69, 9.17) is 0 Å². The van der Waals surface area contributed by atoms with Gasteiger partial charge in [0.05, 0.1) is 6.10 Å². The lowest BCUT2D eigenvalue weighted by Gasteiger charge is -2.33. The fourth-order valence-electron chi connectivity index (χ4n) is 2.06. The number of carbonyl (C=O) groups is 1. The molecule has 4 heteroatoms. The van der Waals surface area contributed by atoms with E-state index < -0.39 is 6.10 Å². The third-order valence-corrected chi connectivity index (χ3v) is 3.10. The van der Waals surface area contributed by atoms with Gasteiger partial charge in [0.15, 0.2) is 0 Å². The van der Waals surface area contributed by atoms with Gasteiger partial charge in [-0.15, -0.1) is 0 Å². The molecule has 0 aromatic rings. The molecule has 1 saturated heterocycles. The lowest BCUT2D eigenvalue weighted by Crippen LogP contribution is -2.48.